The Morgan fingerprint density at radius 3 is 2.50 bits per heavy atom. The highest BCUT2D eigenvalue weighted by molar-refractivity contribution is 7.98. The van der Waals surface area contributed by atoms with Gasteiger partial charge in [-0.05, 0) is 43.6 Å². The zero-order valence-electron chi connectivity index (χ0n) is 10.7. The van der Waals surface area contributed by atoms with Gasteiger partial charge in [-0.25, -0.2) is 0 Å². The smallest absolute Gasteiger partial charge is 0.0113 e. The maximum absolute atomic E-state index is 6.15. The van der Waals surface area contributed by atoms with Gasteiger partial charge in [0.25, 0.3) is 0 Å². The second-order valence-corrected chi connectivity index (χ2v) is 6.64. The van der Waals surface area contributed by atoms with Crippen LogP contribution in [0, 0.1) is 5.92 Å². The van der Waals surface area contributed by atoms with E-state index in [1.807, 2.05) is 11.8 Å². The summed E-state index contributed by atoms with van der Waals surface area (Å²) < 4.78 is 0. The lowest BCUT2D eigenvalue weighted by atomic mass is 9.81. The van der Waals surface area contributed by atoms with Gasteiger partial charge < -0.3 is 5.73 Å². The lowest BCUT2D eigenvalue weighted by molar-refractivity contribution is 0.0228. The molecule has 2 aliphatic heterocycles. The predicted molar refractivity (Wildman–Crippen MR) is 72.9 cm³/mol. The minimum Gasteiger partial charge on any atom is -0.328 e. The number of hydrogen-bond donors (Lipinski definition) is 1. The lowest BCUT2D eigenvalue weighted by Gasteiger charge is -2.49. The SMILES string of the molecule is CSCC(C)CN1C2CCCC1CC(N)C2. The molecule has 2 heterocycles. The Kier molecular flexibility index (Phi) is 4.57. The molecule has 2 fully saturated rings. The fraction of sp³-hybridized carbons (Fsp3) is 1.00. The molecule has 3 atom stereocenters. The number of nitrogens with zero attached hydrogens (tertiary/aromatic N) is 1. The Labute approximate surface area is 104 Å². The summed E-state index contributed by atoms with van der Waals surface area (Å²) in [4.78, 5) is 2.79. The van der Waals surface area contributed by atoms with E-state index in [1.165, 1.54) is 44.4 Å². The van der Waals surface area contributed by atoms with Crippen LogP contribution >= 0.6 is 11.8 Å². The Morgan fingerprint density at radius 2 is 1.94 bits per heavy atom. The molecule has 0 spiro atoms. The summed E-state index contributed by atoms with van der Waals surface area (Å²) in [5, 5.41) is 0. The van der Waals surface area contributed by atoms with Crippen LogP contribution in [0.15, 0.2) is 0 Å². The quantitative estimate of drug-likeness (QED) is 0.820. The zero-order chi connectivity index (χ0) is 11.5. The van der Waals surface area contributed by atoms with Gasteiger partial charge in [-0.15, -0.1) is 0 Å². The molecular weight excluding hydrogens is 216 g/mol. The van der Waals surface area contributed by atoms with Crippen molar-refractivity contribution >= 4 is 11.8 Å². The first-order chi connectivity index (χ1) is 7.70. The molecule has 3 heteroatoms. The number of nitrogens with two attached hydrogens (primary N) is 1. The Bertz CT molecular complexity index is 208. The number of rotatable bonds is 4. The van der Waals surface area contributed by atoms with Crippen LogP contribution in [0.25, 0.3) is 0 Å². The summed E-state index contributed by atoms with van der Waals surface area (Å²) in [6.45, 7) is 3.68. The van der Waals surface area contributed by atoms with E-state index in [-0.39, 0.29) is 0 Å². The topological polar surface area (TPSA) is 29.3 Å². The Morgan fingerprint density at radius 1 is 1.31 bits per heavy atom. The molecule has 0 aromatic heterocycles. The average molecular weight is 242 g/mol. The number of fused-ring (bicyclic) bond motifs is 2. The van der Waals surface area contributed by atoms with Gasteiger partial charge in [0.1, 0.15) is 0 Å². The van der Waals surface area contributed by atoms with Gasteiger partial charge >= 0.3 is 0 Å². The summed E-state index contributed by atoms with van der Waals surface area (Å²) >= 11 is 1.98. The molecule has 2 aliphatic rings. The maximum atomic E-state index is 6.15. The maximum Gasteiger partial charge on any atom is 0.0113 e. The molecule has 2 bridgehead atoms. The van der Waals surface area contributed by atoms with Gasteiger partial charge in [-0.1, -0.05) is 13.3 Å². The van der Waals surface area contributed by atoms with Crippen LogP contribution in [-0.2, 0) is 0 Å². The highest BCUT2D eigenvalue weighted by atomic mass is 32.2. The molecule has 0 aromatic carbocycles. The first kappa shape index (κ1) is 12.7. The molecule has 0 aromatic rings. The molecular formula is C13H26N2S. The molecule has 3 unspecified atom stereocenters. The molecule has 94 valence electrons. The second-order valence-electron chi connectivity index (χ2n) is 5.73. The molecule has 0 aliphatic carbocycles. The summed E-state index contributed by atoms with van der Waals surface area (Å²) in [6, 6.07) is 2.07. The average Bonchev–Trinajstić information content (AvgIpc) is 2.19. The molecule has 0 saturated carbocycles. The van der Waals surface area contributed by atoms with Crippen LogP contribution in [0.5, 0.6) is 0 Å². The molecule has 2 N–H and O–H groups in total. The highest BCUT2D eigenvalue weighted by Gasteiger charge is 2.37. The van der Waals surface area contributed by atoms with Gasteiger partial charge in [-0.2, -0.15) is 11.8 Å². The van der Waals surface area contributed by atoms with Crippen molar-refractivity contribution in [2.75, 3.05) is 18.6 Å². The van der Waals surface area contributed by atoms with Crippen molar-refractivity contribution < 1.29 is 0 Å². The predicted octanol–water partition coefficient (Wildman–Crippen LogP) is 2.33. The largest absolute Gasteiger partial charge is 0.328 e. The third-order valence-electron chi connectivity index (χ3n) is 4.14. The summed E-state index contributed by atoms with van der Waals surface area (Å²) in [5.74, 6) is 2.12. The van der Waals surface area contributed by atoms with E-state index in [0.717, 1.165) is 18.0 Å². The van der Waals surface area contributed by atoms with Crippen LogP contribution in [0.4, 0.5) is 0 Å². The van der Waals surface area contributed by atoms with E-state index in [2.05, 4.69) is 18.1 Å². The second kappa shape index (κ2) is 5.74. The molecule has 2 nitrogen and oxygen atoms in total. The Hall–Kier alpha value is 0.270. The molecule has 0 radical (unpaired) electrons. The van der Waals surface area contributed by atoms with Crippen LogP contribution in [-0.4, -0.2) is 41.6 Å². The van der Waals surface area contributed by atoms with Gasteiger partial charge in [-0.3, -0.25) is 4.90 Å². The zero-order valence-corrected chi connectivity index (χ0v) is 11.5. The summed E-state index contributed by atoms with van der Waals surface area (Å²) in [7, 11) is 0. The monoisotopic (exact) mass is 242 g/mol. The molecule has 2 saturated heterocycles. The van der Waals surface area contributed by atoms with Gasteiger partial charge in [0.2, 0.25) is 0 Å². The fourth-order valence-electron chi connectivity index (χ4n) is 3.52. The highest BCUT2D eigenvalue weighted by Crippen LogP contribution is 2.34. The van der Waals surface area contributed by atoms with Crippen LogP contribution in [0.3, 0.4) is 0 Å². The minimum atomic E-state index is 0.474. The van der Waals surface area contributed by atoms with E-state index in [0.29, 0.717) is 6.04 Å². The number of piperidine rings is 2. The van der Waals surface area contributed by atoms with Crippen LogP contribution in [0.2, 0.25) is 0 Å². The normalized spacial score (nSPS) is 37.3. The van der Waals surface area contributed by atoms with E-state index in [9.17, 15) is 0 Å². The van der Waals surface area contributed by atoms with Crippen molar-refractivity contribution in [1.82, 2.24) is 4.90 Å². The lowest BCUT2D eigenvalue weighted by Crippen LogP contribution is -2.56. The molecule has 0 amide bonds. The van der Waals surface area contributed by atoms with E-state index >= 15 is 0 Å². The van der Waals surface area contributed by atoms with Crippen molar-refractivity contribution in [3.63, 3.8) is 0 Å². The standard InChI is InChI=1S/C13H26N2S/c1-10(9-16-2)8-15-12-4-3-5-13(15)7-11(14)6-12/h10-13H,3-9,14H2,1-2H3. The van der Waals surface area contributed by atoms with Gasteiger partial charge in [0.15, 0.2) is 0 Å². The van der Waals surface area contributed by atoms with Crippen LogP contribution in [0.1, 0.15) is 39.0 Å². The van der Waals surface area contributed by atoms with Crippen molar-refractivity contribution in [1.29, 1.82) is 0 Å². The van der Waals surface area contributed by atoms with E-state index in [4.69, 9.17) is 5.73 Å². The van der Waals surface area contributed by atoms with Crippen molar-refractivity contribution in [2.24, 2.45) is 11.7 Å². The first-order valence-corrected chi connectivity index (χ1v) is 8.10. The van der Waals surface area contributed by atoms with Crippen molar-refractivity contribution in [3.8, 4) is 0 Å². The fourth-order valence-corrected chi connectivity index (χ4v) is 4.19. The molecule has 2 rings (SSSR count). The van der Waals surface area contributed by atoms with E-state index < -0.39 is 0 Å². The van der Waals surface area contributed by atoms with Crippen molar-refractivity contribution in [3.05, 3.63) is 0 Å². The minimum absolute atomic E-state index is 0.474. The number of hydrogen-bond acceptors (Lipinski definition) is 3. The van der Waals surface area contributed by atoms with Gasteiger partial charge in [0.05, 0.1) is 0 Å². The summed E-state index contributed by atoms with van der Waals surface area (Å²) in [6.07, 6.45) is 8.89. The summed E-state index contributed by atoms with van der Waals surface area (Å²) in [5.41, 5.74) is 6.15. The first-order valence-electron chi connectivity index (χ1n) is 6.71. The van der Waals surface area contributed by atoms with Gasteiger partial charge in [0, 0.05) is 24.7 Å². The third kappa shape index (κ3) is 2.93. The van der Waals surface area contributed by atoms with E-state index in [1.54, 1.807) is 0 Å². The Balaban J connectivity index is 1.92. The third-order valence-corrected chi connectivity index (χ3v) is 5.04. The molecule has 16 heavy (non-hydrogen) atoms. The van der Waals surface area contributed by atoms with Crippen molar-refractivity contribution in [2.45, 2.75) is 57.2 Å². The number of thioether (sulfide) groups is 1. The van der Waals surface area contributed by atoms with Crippen LogP contribution < -0.4 is 5.73 Å².